The Labute approximate surface area is 126 Å². The van der Waals surface area contributed by atoms with Crippen molar-refractivity contribution < 1.29 is 14.7 Å². The summed E-state index contributed by atoms with van der Waals surface area (Å²) in [5.74, 6) is -0.850. The number of carboxylic acids is 1. The van der Waals surface area contributed by atoms with Crippen LogP contribution in [-0.2, 0) is 4.79 Å². The number of likely N-dealkylation sites (tertiary alicyclic amines) is 1. The van der Waals surface area contributed by atoms with E-state index < -0.39 is 11.5 Å². The fraction of sp³-hybridized carbons (Fsp3) is 0.867. The summed E-state index contributed by atoms with van der Waals surface area (Å²) in [4.78, 5) is 25.3. The molecule has 0 aromatic rings. The van der Waals surface area contributed by atoms with Gasteiger partial charge in [0.15, 0.2) is 0 Å². The molecule has 1 unspecified atom stereocenters. The van der Waals surface area contributed by atoms with Crippen LogP contribution in [-0.4, -0.2) is 53.2 Å². The Bertz CT molecular complexity index is 376. The van der Waals surface area contributed by atoms with Crippen LogP contribution in [0, 0.1) is 0 Å². The number of rotatable bonds is 6. The van der Waals surface area contributed by atoms with Gasteiger partial charge in [-0.25, -0.2) is 4.79 Å². The topological polar surface area (TPSA) is 81.7 Å². The molecule has 0 aromatic heterocycles. The van der Waals surface area contributed by atoms with E-state index in [1.807, 2.05) is 0 Å². The SMILES string of the molecule is CC(CNC(=O)NC1(CC(=O)O)CCC1)N1CCCCC1. The van der Waals surface area contributed by atoms with Gasteiger partial charge in [-0.2, -0.15) is 0 Å². The van der Waals surface area contributed by atoms with Crippen molar-refractivity contribution in [2.45, 2.75) is 63.5 Å². The van der Waals surface area contributed by atoms with Crippen LogP contribution < -0.4 is 10.6 Å². The summed E-state index contributed by atoms with van der Waals surface area (Å²) < 4.78 is 0. The number of hydrogen-bond donors (Lipinski definition) is 3. The Morgan fingerprint density at radius 1 is 1.19 bits per heavy atom. The number of aliphatic carboxylic acids is 1. The number of carbonyl (C=O) groups is 2. The smallest absolute Gasteiger partial charge is 0.315 e. The zero-order chi connectivity index (χ0) is 15.3. The zero-order valence-electron chi connectivity index (χ0n) is 12.9. The third kappa shape index (κ3) is 4.59. The minimum atomic E-state index is -0.850. The van der Waals surface area contributed by atoms with Gasteiger partial charge in [-0.15, -0.1) is 0 Å². The van der Waals surface area contributed by atoms with E-state index in [1.165, 1.54) is 19.3 Å². The van der Waals surface area contributed by atoms with Crippen molar-refractivity contribution in [1.82, 2.24) is 15.5 Å². The summed E-state index contributed by atoms with van der Waals surface area (Å²) >= 11 is 0. The minimum absolute atomic E-state index is 0.0160. The molecule has 1 atom stereocenters. The molecular weight excluding hydrogens is 270 g/mol. The maximum absolute atomic E-state index is 12.0. The number of nitrogens with zero attached hydrogens (tertiary/aromatic N) is 1. The van der Waals surface area contributed by atoms with Gasteiger partial charge in [0.05, 0.1) is 12.0 Å². The molecule has 1 aliphatic heterocycles. The van der Waals surface area contributed by atoms with Crippen LogP contribution in [0.2, 0.25) is 0 Å². The first-order chi connectivity index (χ1) is 10.0. The summed E-state index contributed by atoms with van der Waals surface area (Å²) in [5, 5.41) is 14.7. The van der Waals surface area contributed by atoms with Crippen LogP contribution >= 0.6 is 0 Å². The molecule has 2 rings (SSSR count). The number of piperidine rings is 1. The normalized spacial score (nSPS) is 22.9. The van der Waals surface area contributed by atoms with Gasteiger partial charge in [-0.05, 0) is 52.1 Å². The molecule has 3 N–H and O–H groups in total. The van der Waals surface area contributed by atoms with E-state index >= 15 is 0 Å². The van der Waals surface area contributed by atoms with Crippen LogP contribution in [0.15, 0.2) is 0 Å². The summed E-state index contributed by atoms with van der Waals surface area (Å²) in [6, 6.07) is 0.0904. The highest BCUT2D eigenvalue weighted by atomic mass is 16.4. The molecule has 0 bridgehead atoms. The molecule has 0 spiro atoms. The van der Waals surface area contributed by atoms with E-state index in [2.05, 4.69) is 22.5 Å². The molecule has 6 heteroatoms. The largest absolute Gasteiger partial charge is 0.481 e. The lowest BCUT2D eigenvalue weighted by atomic mass is 9.74. The number of amides is 2. The molecule has 21 heavy (non-hydrogen) atoms. The van der Waals surface area contributed by atoms with Gasteiger partial charge in [0.2, 0.25) is 0 Å². The second kappa shape index (κ2) is 7.11. The highest BCUT2D eigenvalue weighted by molar-refractivity contribution is 5.77. The Hall–Kier alpha value is -1.30. The Balaban J connectivity index is 1.72. The van der Waals surface area contributed by atoms with Crippen molar-refractivity contribution in [3.05, 3.63) is 0 Å². The average Bonchev–Trinajstić information content (AvgIpc) is 2.43. The van der Waals surface area contributed by atoms with Gasteiger partial charge in [0.25, 0.3) is 0 Å². The Morgan fingerprint density at radius 2 is 1.86 bits per heavy atom. The first-order valence-corrected chi connectivity index (χ1v) is 8.03. The molecule has 1 saturated carbocycles. The molecule has 120 valence electrons. The Morgan fingerprint density at radius 3 is 2.38 bits per heavy atom. The number of urea groups is 1. The molecule has 6 nitrogen and oxygen atoms in total. The third-order valence-corrected chi connectivity index (χ3v) is 4.75. The van der Waals surface area contributed by atoms with Crippen molar-refractivity contribution in [3.8, 4) is 0 Å². The maximum atomic E-state index is 12.0. The molecule has 1 saturated heterocycles. The van der Waals surface area contributed by atoms with Crippen molar-refractivity contribution >= 4 is 12.0 Å². The van der Waals surface area contributed by atoms with Crippen molar-refractivity contribution in [2.75, 3.05) is 19.6 Å². The molecule has 2 aliphatic rings. The van der Waals surface area contributed by atoms with E-state index in [0.717, 1.165) is 32.4 Å². The average molecular weight is 297 g/mol. The molecule has 2 fully saturated rings. The molecule has 1 aliphatic carbocycles. The maximum Gasteiger partial charge on any atom is 0.315 e. The number of nitrogens with one attached hydrogen (secondary N) is 2. The molecule has 2 amide bonds. The van der Waals surface area contributed by atoms with Gasteiger partial charge in [0.1, 0.15) is 0 Å². The number of carbonyl (C=O) groups excluding carboxylic acids is 1. The van der Waals surface area contributed by atoms with Crippen LogP contribution in [0.1, 0.15) is 51.9 Å². The second-order valence-electron chi connectivity index (χ2n) is 6.49. The standard InChI is InChI=1S/C15H27N3O3/c1-12(18-8-3-2-4-9-18)11-16-14(21)17-15(6-5-7-15)10-13(19)20/h12H,2-11H2,1H3,(H,19,20)(H2,16,17,21). The molecule has 1 heterocycles. The number of hydrogen-bond acceptors (Lipinski definition) is 3. The number of carboxylic acid groups (broad SMARTS) is 1. The summed E-state index contributed by atoms with van der Waals surface area (Å²) in [6.07, 6.45) is 6.29. The van der Waals surface area contributed by atoms with Crippen LogP contribution in [0.3, 0.4) is 0 Å². The fourth-order valence-corrected chi connectivity index (χ4v) is 3.25. The van der Waals surface area contributed by atoms with E-state index in [-0.39, 0.29) is 12.5 Å². The summed E-state index contributed by atoms with van der Waals surface area (Å²) in [7, 11) is 0. The zero-order valence-corrected chi connectivity index (χ0v) is 12.9. The van der Waals surface area contributed by atoms with Crippen molar-refractivity contribution in [3.63, 3.8) is 0 Å². The first kappa shape index (κ1) is 16.1. The van der Waals surface area contributed by atoms with E-state index in [1.54, 1.807) is 0 Å². The quantitative estimate of drug-likeness (QED) is 0.695. The lowest BCUT2D eigenvalue weighted by Crippen LogP contribution is -2.58. The fourth-order valence-electron chi connectivity index (χ4n) is 3.25. The van der Waals surface area contributed by atoms with Crippen LogP contribution in [0.5, 0.6) is 0 Å². The molecular formula is C15H27N3O3. The third-order valence-electron chi connectivity index (χ3n) is 4.75. The van der Waals surface area contributed by atoms with E-state index in [4.69, 9.17) is 5.11 Å². The monoisotopic (exact) mass is 297 g/mol. The van der Waals surface area contributed by atoms with Crippen molar-refractivity contribution in [2.24, 2.45) is 0 Å². The summed E-state index contributed by atoms with van der Waals surface area (Å²) in [6.45, 7) is 4.94. The minimum Gasteiger partial charge on any atom is -0.481 e. The van der Waals surface area contributed by atoms with E-state index in [9.17, 15) is 9.59 Å². The van der Waals surface area contributed by atoms with Gasteiger partial charge in [-0.3, -0.25) is 9.69 Å². The van der Waals surface area contributed by atoms with Crippen LogP contribution in [0.25, 0.3) is 0 Å². The lowest BCUT2D eigenvalue weighted by Gasteiger charge is -2.41. The van der Waals surface area contributed by atoms with Gasteiger partial charge < -0.3 is 15.7 Å². The predicted octanol–water partition coefficient (Wildman–Crippen LogP) is 1.56. The molecule has 0 radical (unpaired) electrons. The molecule has 0 aromatic carbocycles. The highest BCUT2D eigenvalue weighted by Crippen LogP contribution is 2.34. The van der Waals surface area contributed by atoms with Gasteiger partial charge in [-0.1, -0.05) is 6.42 Å². The lowest BCUT2D eigenvalue weighted by molar-refractivity contribution is -0.139. The van der Waals surface area contributed by atoms with Crippen LogP contribution in [0.4, 0.5) is 4.79 Å². The van der Waals surface area contributed by atoms with Gasteiger partial charge >= 0.3 is 12.0 Å². The summed E-state index contributed by atoms with van der Waals surface area (Å²) in [5.41, 5.74) is -0.524. The van der Waals surface area contributed by atoms with Crippen molar-refractivity contribution in [1.29, 1.82) is 0 Å². The predicted molar refractivity (Wildman–Crippen MR) is 80.3 cm³/mol. The van der Waals surface area contributed by atoms with E-state index in [0.29, 0.717) is 12.6 Å². The highest BCUT2D eigenvalue weighted by Gasteiger charge is 2.40. The van der Waals surface area contributed by atoms with Gasteiger partial charge in [0, 0.05) is 12.6 Å². The first-order valence-electron chi connectivity index (χ1n) is 8.03. The Kier molecular flexibility index (Phi) is 5.45. The second-order valence-corrected chi connectivity index (χ2v) is 6.49.